The molecule has 6 heteroatoms. The number of carbonyl (C=O) groups excluding carboxylic acids is 2. The second-order valence-electron chi connectivity index (χ2n) is 7.72. The van der Waals surface area contributed by atoms with Crippen LogP contribution in [-0.4, -0.2) is 48.1 Å². The molecule has 0 spiro atoms. The summed E-state index contributed by atoms with van der Waals surface area (Å²) in [6.45, 7) is 3.68. The minimum atomic E-state index is -0.414. The zero-order chi connectivity index (χ0) is 19.4. The fourth-order valence-electron chi connectivity index (χ4n) is 4.86. The molecule has 0 unspecified atom stereocenters. The highest BCUT2D eigenvalue weighted by molar-refractivity contribution is 6.24. The largest absolute Gasteiger partial charge is 0.497 e. The highest BCUT2D eigenvalue weighted by atomic mass is 16.5. The van der Waals surface area contributed by atoms with Crippen LogP contribution in [0.1, 0.15) is 23.6 Å². The molecule has 0 bridgehead atoms. The first-order valence-corrected chi connectivity index (χ1v) is 9.72. The molecule has 3 aliphatic rings. The number of methoxy groups -OCH3 is 1. The molecule has 3 heterocycles. The predicted octanol–water partition coefficient (Wildman–Crippen LogP) is 2.54. The molecule has 3 atom stereocenters. The van der Waals surface area contributed by atoms with Gasteiger partial charge in [0.05, 0.1) is 24.8 Å². The average molecular weight is 377 g/mol. The zero-order valence-electron chi connectivity index (χ0n) is 16.0. The maximum absolute atomic E-state index is 13.4. The van der Waals surface area contributed by atoms with E-state index in [-0.39, 0.29) is 23.8 Å². The maximum atomic E-state index is 13.4. The van der Waals surface area contributed by atoms with Crippen LogP contribution < -0.4 is 9.64 Å². The van der Waals surface area contributed by atoms with Crippen molar-refractivity contribution >= 4 is 17.5 Å². The first-order valence-electron chi connectivity index (χ1n) is 9.72. The average Bonchev–Trinajstić information content (AvgIpc) is 3.35. The molecular formula is C22H23N3O3. The Kier molecular flexibility index (Phi) is 4.00. The molecule has 0 saturated carbocycles. The van der Waals surface area contributed by atoms with Gasteiger partial charge in [-0.15, -0.1) is 0 Å². The molecule has 2 amide bonds. The van der Waals surface area contributed by atoms with E-state index < -0.39 is 6.04 Å². The lowest BCUT2D eigenvalue weighted by Gasteiger charge is -2.29. The van der Waals surface area contributed by atoms with E-state index in [0.717, 1.165) is 36.4 Å². The molecule has 2 aromatic carbocycles. The summed E-state index contributed by atoms with van der Waals surface area (Å²) >= 11 is 0. The number of aryl methyl sites for hydroxylation is 1. The Hall–Kier alpha value is -2.70. The van der Waals surface area contributed by atoms with E-state index in [4.69, 9.17) is 4.74 Å². The number of carbonyl (C=O) groups is 2. The van der Waals surface area contributed by atoms with Gasteiger partial charge in [-0.25, -0.2) is 14.9 Å². The summed E-state index contributed by atoms with van der Waals surface area (Å²) in [7, 11) is 1.64. The van der Waals surface area contributed by atoms with Gasteiger partial charge >= 0.3 is 0 Å². The van der Waals surface area contributed by atoms with E-state index in [2.05, 4.69) is 10.0 Å². The lowest BCUT2D eigenvalue weighted by molar-refractivity contribution is -0.126. The molecule has 3 fully saturated rings. The van der Waals surface area contributed by atoms with E-state index in [0.29, 0.717) is 5.69 Å². The number of hydrazine groups is 1. The van der Waals surface area contributed by atoms with Crippen LogP contribution in [0.15, 0.2) is 48.5 Å². The predicted molar refractivity (Wildman–Crippen MR) is 105 cm³/mol. The highest BCUT2D eigenvalue weighted by Crippen LogP contribution is 2.49. The van der Waals surface area contributed by atoms with Crippen molar-refractivity contribution in [2.75, 3.05) is 25.1 Å². The fraction of sp³-hybridized carbons (Fsp3) is 0.364. The van der Waals surface area contributed by atoms with Crippen LogP contribution >= 0.6 is 0 Å². The fourth-order valence-corrected chi connectivity index (χ4v) is 4.86. The number of amides is 2. The first-order chi connectivity index (χ1) is 13.6. The van der Waals surface area contributed by atoms with Crippen LogP contribution in [0.2, 0.25) is 0 Å². The molecule has 0 aliphatic carbocycles. The number of hydrogen-bond donors (Lipinski definition) is 0. The SMILES string of the molecule is COc1ccc([C@@H]2[C@@H]3C(=O)N(c4ccc(C)cc4)C(=O)[C@H]3N3CCCN23)cc1. The Balaban J connectivity index is 1.55. The molecule has 28 heavy (non-hydrogen) atoms. The van der Waals surface area contributed by atoms with Crippen LogP contribution in [-0.2, 0) is 9.59 Å². The summed E-state index contributed by atoms with van der Waals surface area (Å²) in [5.74, 6) is 0.185. The van der Waals surface area contributed by atoms with Crippen molar-refractivity contribution in [1.29, 1.82) is 0 Å². The molecule has 3 saturated heterocycles. The summed E-state index contributed by atoms with van der Waals surface area (Å²) in [6, 6.07) is 14.9. The monoisotopic (exact) mass is 377 g/mol. The number of hydrogen-bond acceptors (Lipinski definition) is 5. The summed E-state index contributed by atoms with van der Waals surface area (Å²) in [5, 5.41) is 4.34. The van der Waals surface area contributed by atoms with Gasteiger partial charge < -0.3 is 4.74 Å². The van der Waals surface area contributed by atoms with Gasteiger partial charge in [0.25, 0.3) is 5.91 Å². The van der Waals surface area contributed by atoms with E-state index in [1.54, 1.807) is 7.11 Å². The summed E-state index contributed by atoms with van der Waals surface area (Å²) < 4.78 is 5.27. The lowest BCUT2D eigenvalue weighted by Crippen LogP contribution is -2.44. The second-order valence-corrected chi connectivity index (χ2v) is 7.72. The minimum Gasteiger partial charge on any atom is -0.497 e. The Bertz CT molecular complexity index is 925. The summed E-state index contributed by atoms with van der Waals surface area (Å²) in [5.41, 5.74) is 2.81. The number of ether oxygens (including phenoxy) is 1. The smallest absolute Gasteiger partial charge is 0.253 e. The number of fused-ring (bicyclic) bond motifs is 3. The van der Waals surface area contributed by atoms with Crippen molar-refractivity contribution in [3.63, 3.8) is 0 Å². The van der Waals surface area contributed by atoms with Gasteiger partial charge in [0.2, 0.25) is 5.91 Å². The number of anilines is 1. The molecular weight excluding hydrogens is 354 g/mol. The van der Waals surface area contributed by atoms with Crippen LogP contribution in [0.3, 0.4) is 0 Å². The minimum absolute atomic E-state index is 0.103. The van der Waals surface area contributed by atoms with Crippen molar-refractivity contribution in [2.45, 2.75) is 25.4 Å². The van der Waals surface area contributed by atoms with Crippen LogP contribution in [0.5, 0.6) is 5.75 Å². The van der Waals surface area contributed by atoms with Gasteiger partial charge in [-0.3, -0.25) is 9.59 Å². The van der Waals surface area contributed by atoms with E-state index >= 15 is 0 Å². The first kappa shape index (κ1) is 17.4. The molecule has 3 aliphatic heterocycles. The maximum Gasteiger partial charge on any atom is 0.253 e. The number of imide groups is 1. The summed E-state index contributed by atoms with van der Waals surface area (Å²) in [6.07, 6.45) is 1.00. The van der Waals surface area contributed by atoms with E-state index in [9.17, 15) is 9.59 Å². The Labute approximate surface area is 164 Å². The highest BCUT2D eigenvalue weighted by Gasteiger charge is 2.62. The van der Waals surface area contributed by atoms with Crippen LogP contribution in [0.4, 0.5) is 5.69 Å². The molecule has 0 radical (unpaired) electrons. The van der Waals surface area contributed by atoms with Crippen molar-refractivity contribution in [3.8, 4) is 5.75 Å². The standard InChI is InChI=1S/C22H23N3O3/c1-14-4-8-16(9-5-14)25-21(26)18-19(15-6-10-17(28-2)11-7-15)23-12-3-13-24(23)20(18)22(25)27/h4-11,18-20H,3,12-13H2,1-2H3/t18-,19+,20-/m0/s1. The third kappa shape index (κ3) is 2.41. The van der Waals surface area contributed by atoms with Gasteiger partial charge in [0.1, 0.15) is 11.8 Å². The second kappa shape index (κ2) is 6.43. The molecule has 2 aromatic rings. The Morgan fingerprint density at radius 3 is 2.14 bits per heavy atom. The quantitative estimate of drug-likeness (QED) is 0.770. The Morgan fingerprint density at radius 2 is 1.50 bits per heavy atom. The lowest BCUT2D eigenvalue weighted by atomic mass is 9.90. The van der Waals surface area contributed by atoms with Gasteiger partial charge in [-0.05, 0) is 43.2 Å². The number of benzene rings is 2. The van der Waals surface area contributed by atoms with Crippen molar-refractivity contribution in [3.05, 3.63) is 59.7 Å². The van der Waals surface area contributed by atoms with E-state index in [1.165, 1.54) is 4.90 Å². The molecule has 0 aromatic heterocycles. The Morgan fingerprint density at radius 1 is 0.857 bits per heavy atom. The third-order valence-corrected chi connectivity index (χ3v) is 6.16. The third-order valence-electron chi connectivity index (χ3n) is 6.16. The van der Waals surface area contributed by atoms with E-state index in [1.807, 2.05) is 55.5 Å². The van der Waals surface area contributed by atoms with Crippen molar-refractivity contribution in [2.24, 2.45) is 5.92 Å². The molecule has 0 N–H and O–H groups in total. The molecule has 6 nitrogen and oxygen atoms in total. The van der Waals surface area contributed by atoms with Gasteiger partial charge in [-0.2, -0.15) is 0 Å². The van der Waals surface area contributed by atoms with Crippen molar-refractivity contribution < 1.29 is 14.3 Å². The molecule has 144 valence electrons. The van der Waals surface area contributed by atoms with Gasteiger partial charge in [-0.1, -0.05) is 29.8 Å². The van der Waals surface area contributed by atoms with Gasteiger partial charge in [0, 0.05) is 13.1 Å². The van der Waals surface area contributed by atoms with Gasteiger partial charge in [0.15, 0.2) is 0 Å². The van der Waals surface area contributed by atoms with Crippen LogP contribution in [0.25, 0.3) is 0 Å². The summed E-state index contributed by atoms with van der Waals surface area (Å²) in [4.78, 5) is 28.2. The number of nitrogens with zero attached hydrogens (tertiary/aromatic N) is 3. The normalized spacial score (nSPS) is 27.4. The van der Waals surface area contributed by atoms with Crippen molar-refractivity contribution in [1.82, 2.24) is 10.0 Å². The topological polar surface area (TPSA) is 53.1 Å². The number of rotatable bonds is 3. The van der Waals surface area contributed by atoms with Crippen LogP contribution in [0, 0.1) is 12.8 Å². The zero-order valence-corrected chi connectivity index (χ0v) is 16.0. The molecule has 5 rings (SSSR count).